The largest absolute Gasteiger partial charge is 0.492 e. The van der Waals surface area contributed by atoms with E-state index < -0.39 is 40.9 Å². The first kappa shape index (κ1) is 30.4. The van der Waals surface area contributed by atoms with Gasteiger partial charge in [0, 0.05) is 24.2 Å². The van der Waals surface area contributed by atoms with E-state index in [0.29, 0.717) is 28.9 Å². The molecule has 0 bridgehead atoms. The first-order chi connectivity index (χ1) is 18.4. The van der Waals surface area contributed by atoms with Gasteiger partial charge in [-0.05, 0) is 49.1 Å². The summed E-state index contributed by atoms with van der Waals surface area (Å²) in [5, 5.41) is 2.75. The van der Waals surface area contributed by atoms with Gasteiger partial charge in [-0.2, -0.15) is 31.3 Å². The van der Waals surface area contributed by atoms with Gasteiger partial charge in [0.05, 0.1) is 23.1 Å². The summed E-state index contributed by atoms with van der Waals surface area (Å²) >= 11 is 0.911. The Morgan fingerprint density at radius 2 is 1.77 bits per heavy atom. The van der Waals surface area contributed by atoms with Crippen LogP contribution in [0.25, 0.3) is 6.08 Å². The average Bonchev–Trinajstić information content (AvgIpc) is 3.22. The molecule has 1 heterocycles. The highest BCUT2D eigenvalue weighted by molar-refractivity contribution is 8.18. The Morgan fingerprint density at radius 3 is 2.38 bits per heavy atom. The molecule has 0 unspecified atom stereocenters. The smallest absolute Gasteiger partial charge is 0.416 e. The highest BCUT2D eigenvalue weighted by Crippen LogP contribution is 2.39. The van der Waals surface area contributed by atoms with Crippen LogP contribution in [0.15, 0.2) is 46.3 Å². The fourth-order valence-electron chi connectivity index (χ4n) is 3.83. The van der Waals surface area contributed by atoms with E-state index in [1.54, 1.807) is 18.2 Å². The number of hydrogen-bond donors (Lipinski definition) is 1. The molecule has 1 aliphatic rings. The Hall–Kier alpha value is -3.19. The van der Waals surface area contributed by atoms with Crippen LogP contribution in [-0.2, 0) is 19.0 Å². The molecule has 0 aromatic heterocycles. The number of rotatable bonds is 10. The van der Waals surface area contributed by atoms with Crippen molar-refractivity contribution in [2.75, 3.05) is 33.3 Å². The molecule has 39 heavy (non-hydrogen) atoms. The van der Waals surface area contributed by atoms with E-state index >= 15 is 0 Å². The SMILES string of the molecule is CCN(CC)CCNC1=NC(=O)S/C1=C\c1cccc(OCc2ccc(C(F)(F)F)cc2C(F)(F)F)c1OC. The van der Waals surface area contributed by atoms with Gasteiger partial charge in [0.25, 0.3) is 0 Å². The molecule has 6 nitrogen and oxygen atoms in total. The Morgan fingerprint density at radius 1 is 1.05 bits per heavy atom. The number of amides is 1. The topological polar surface area (TPSA) is 63.2 Å². The lowest BCUT2D eigenvalue weighted by Crippen LogP contribution is -2.34. The zero-order chi connectivity index (χ0) is 28.8. The minimum Gasteiger partial charge on any atom is -0.492 e. The minimum atomic E-state index is -5.02. The predicted octanol–water partition coefficient (Wildman–Crippen LogP) is 6.85. The van der Waals surface area contributed by atoms with Gasteiger partial charge in [-0.25, -0.2) is 0 Å². The Kier molecular flexibility index (Phi) is 9.94. The number of amidine groups is 1. The second kappa shape index (κ2) is 12.8. The number of ether oxygens (including phenoxy) is 2. The van der Waals surface area contributed by atoms with Crippen LogP contribution in [0.4, 0.5) is 31.1 Å². The number of nitrogens with one attached hydrogen (secondary N) is 1. The lowest BCUT2D eigenvalue weighted by molar-refractivity contribution is -0.143. The molecule has 0 atom stereocenters. The molecule has 1 aliphatic heterocycles. The molecular weight excluding hydrogens is 548 g/mol. The summed E-state index contributed by atoms with van der Waals surface area (Å²) in [4.78, 5) is 18.7. The zero-order valence-corrected chi connectivity index (χ0v) is 22.2. The van der Waals surface area contributed by atoms with Gasteiger partial charge in [-0.15, -0.1) is 0 Å². The Labute approximate surface area is 226 Å². The van der Waals surface area contributed by atoms with Crippen molar-refractivity contribution in [2.24, 2.45) is 4.99 Å². The summed E-state index contributed by atoms with van der Waals surface area (Å²) in [5.41, 5.74) is -2.84. The standard InChI is InChI=1S/C26H27F6N3O3S/c1-4-35(5-2)12-11-33-23-21(39-24(36)34-23)13-16-7-6-8-20(22(16)37-3)38-15-17-9-10-18(25(27,28)29)14-19(17)26(30,31)32/h6-10,13-14H,4-5,11-12,15H2,1-3H3,(H,33,34,36)/b21-13-. The molecule has 0 saturated heterocycles. The third-order valence-electron chi connectivity index (χ3n) is 5.87. The van der Waals surface area contributed by atoms with Crippen molar-refractivity contribution in [3.63, 3.8) is 0 Å². The van der Waals surface area contributed by atoms with E-state index in [0.717, 1.165) is 37.5 Å². The van der Waals surface area contributed by atoms with Crippen molar-refractivity contribution in [2.45, 2.75) is 32.8 Å². The van der Waals surface area contributed by atoms with Crippen LogP contribution in [-0.4, -0.2) is 49.3 Å². The number of thioether (sulfide) groups is 1. The fraction of sp³-hybridized carbons (Fsp3) is 0.385. The number of likely N-dealkylation sites (N-methyl/N-ethyl adjacent to an activating group) is 1. The number of methoxy groups -OCH3 is 1. The summed E-state index contributed by atoms with van der Waals surface area (Å²) in [6.07, 6.45) is -8.30. The Balaban J connectivity index is 1.84. The molecule has 0 saturated carbocycles. The van der Waals surface area contributed by atoms with Crippen LogP contribution >= 0.6 is 11.8 Å². The highest BCUT2D eigenvalue weighted by atomic mass is 32.2. The van der Waals surface area contributed by atoms with E-state index in [-0.39, 0.29) is 17.6 Å². The molecule has 0 radical (unpaired) electrons. The molecular formula is C26H27F6N3O3S. The number of carbonyl (C=O) groups is 1. The second-order valence-electron chi connectivity index (χ2n) is 8.33. The van der Waals surface area contributed by atoms with Gasteiger partial charge in [0.1, 0.15) is 12.4 Å². The molecule has 2 aromatic rings. The molecule has 1 amide bonds. The van der Waals surface area contributed by atoms with Crippen molar-refractivity contribution in [1.29, 1.82) is 0 Å². The number of aliphatic imine (C=N–C) groups is 1. The molecule has 212 valence electrons. The average molecular weight is 576 g/mol. The van der Waals surface area contributed by atoms with Crippen LogP contribution in [0.2, 0.25) is 0 Å². The molecule has 1 N–H and O–H groups in total. The first-order valence-electron chi connectivity index (χ1n) is 11.9. The summed E-state index contributed by atoms with van der Waals surface area (Å²) in [6, 6.07) is 6.09. The van der Waals surface area contributed by atoms with Crippen molar-refractivity contribution >= 4 is 28.9 Å². The van der Waals surface area contributed by atoms with Gasteiger partial charge in [0.2, 0.25) is 0 Å². The maximum absolute atomic E-state index is 13.5. The minimum absolute atomic E-state index is 0.0686. The third-order valence-corrected chi connectivity index (χ3v) is 6.67. The van der Waals surface area contributed by atoms with Gasteiger partial charge in [-0.1, -0.05) is 32.0 Å². The van der Waals surface area contributed by atoms with Crippen molar-refractivity contribution in [3.8, 4) is 11.5 Å². The second-order valence-corrected chi connectivity index (χ2v) is 9.32. The van der Waals surface area contributed by atoms with E-state index in [9.17, 15) is 31.1 Å². The number of alkyl halides is 6. The van der Waals surface area contributed by atoms with Crippen LogP contribution in [0, 0.1) is 0 Å². The van der Waals surface area contributed by atoms with Gasteiger partial charge < -0.3 is 19.7 Å². The van der Waals surface area contributed by atoms with E-state index in [1.807, 2.05) is 13.8 Å². The maximum atomic E-state index is 13.5. The summed E-state index contributed by atoms with van der Waals surface area (Å²) in [5.74, 6) is 0.639. The Bertz CT molecular complexity index is 1240. The lowest BCUT2D eigenvalue weighted by Gasteiger charge is -2.18. The first-order valence-corrected chi connectivity index (χ1v) is 12.7. The number of benzene rings is 2. The summed E-state index contributed by atoms with van der Waals surface area (Å²) in [7, 11) is 1.34. The predicted molar refractivity (Wildman–Crippen MR) is 138 cm³/mol. The monoisotopic (exact) mass is 575 g/mol. The molecule has 2 aromatic carbocycles. The van der Waals surface area contributed by atoms with Crippen LogP contribution in [0.3, 0.4) is 0 Å². The van der Waals surface area contributed by atoms with E-state index in [1.165, 1.54) is 13.2 Å². The van der Waals surface area contributed by atoms with Crippen molar-refractivity contribution < 1.29 is 40.6 Å². The molecule has 3 rings (SSSR count). The van der Waals surface area contributed by atoms with Gasteiger partial charge in [0.15, 0.2) is 11.5 Å². The van der Waals surface area contributed by atoms with Crippen LogP contribution in [0.5, 0.6) is 11.5 Å². The number of para-hydroxylation sites is 1. The molecule has 13 heteroatoms. The molecule has 0 fully saturated rings. The normalized spacial score (nSPS) is 15.2. The van der Waals surface area contributed by atoms with Crippen LogP contribution < -0.4 is 14.8 Å². The molecule has 0 spiro atoms. The van der Waals surface area contributed by atoms with E-state index in [4.69, 9.17) is 9.47 Å². The fourth-order valence-corrected chi connectivity index (χ4v) is 4.55. The third kappa shape index (κ3) is 7.91. The van der Waals surface area contributed by atoms with E-state index in [2.05, 4.69) is 15.2 Å². The van der Waals surface area contributed by atoms with Gasteiger partial charge in [-0.3, -0.25) is 4.79 Å². The quantitative estimate of drug-likeness (QED) is 0.313. The van der Waals surface area contributed by atoms with Crippen molar-refractivity contribution in [1.82, 2.24) is 10.2 Å². The number of hydrogen-bond acceptors (Lipinski definition) is 6. The molecule has 0 aliphatic carbocycles. The highest BCUT2D eigenvalue weighted by Gasteiger charge is 2.38. The summed E-state index contributed by atoms with van der Waals surface area (Å²) in [6.45, 7) is 6.49. The van der Waals surface area contributed by atoms with Crippen LogP contribution in [0.1, 0.15) is 36.1 Å². The number of carbonyl (C=O) groups excluding carboxylic acids is 1. The zero-order valence-electron chi connectivity index (χ0n) is 21.4. The number of halogens is 6. The van der Waals surface area contributed by atoms with Crippen molar-refractivity contribution in [3.05, 3.63) is 63.6 Å². The maximum Gasteiger partial charge on any atom is 0.416 e. The number of nitrogens with zero attached hydrogens (tertiary/aromatic N) is 2. The summed E-state index contributed by atoms with van der Waals surface area (Å²) < 4.78 is 90.5. The lowest BCUT2D eigenvalue weighted by atomic mass is 10.0. The van der Waals surface area contributed by atoms with Gasteiger partial charge >= 0.3 is 17.6 Å².